The second kappa shape index (κ2) is 3.01. The summed E-state index contributed by atoms with van der Waals surface area (Å²) in [5.41, 5.74) is 5.28. The molecule has 0 aliphatic rings. The van der Waals surface area contributed by atoms with Crippen LogP contribution in [0.4, 0.5) is 5.82 Å². The number of hydrogen-bond acceptors (Lipinski definition) is 3. The second-order valence-electron chi connectivity index (χ2n) is 2.02. The first-order chi connectivity index (χ1) is 5.24. The van der Waals surface area contributed by atoms with Gasteiger partial charge in [-0.2, -0.15) is 0 Å². The van der Waals surface area contributed by atoms with Crippen LogP contribution in [0.2, 0.25) is 0 Å². The molecule has 0 saturated heterocycles. The molecule has 1 heterocycles. The van der Waals surface area contributed by atoms with Gasteiger partial charge in [0.05, 0.1) is 0 Å². The van der Waals surface area contributed by atoms with Crippen molar-refractivity contribution in [1.29, 1.82) is 0 Å². The van der Waals surface area contributed by atoms with E-state index in [1.54, 1.807) is 25.2 Å². The first kappa shape index (κ1) is 7.53. The summed E-state index contributed by atoms with van der Waals surface area (Å²) >= 11 is 0. The maximum atomic E-state index is 10.6. The number of anilines is 1. The molecule has 11 heavy (non-hydrogen) atoms. The Morgan fingerprint density at radius 1 is 1.64 bits per heavy atom. The number of pyridine rings is 1. The fourth-order valence-corrected chi connectivity index (χ4v) is 0.711. The molecule has 1 aromatic rings. The van der Waals surface area contributed by atoms with Gasteiger partial charge in [0.25, 0.3) is 5.91 Å². The van der Waals surface area contributed by atoms with E-state index in [1.165, 1.54) is 0 Å². The number of amides is 1. The van der Waals surface area contributed by atoms with Crippen LogP contribution in [0, 0.1) is 0 Å². The molecule has 4 heteroatoms. The fraction of sp³-hybridized carbons (Fsp3) is 0.143. The number of nitrogens with one attached hydrogen (secondary N) is 1. The van der Waals surface area contributed by atoms with Crippen molar-refractivity contribution in [2.24, 2.45) is 5.73 Å². The van der Waals surface area contributed by atoms with Gasteiger partial charge in [-0.1, -0.05) is 6.07 Å². The van der Waals surface area contributed by atoms with E-state index in [0.29, 0.717) is 5.82 Å². The van der Waals surface area contributed by atoms with E-state index >= 15 is 0 Å². The third kappa shape index (κ3) is 1.67. The average molecular weight is 151 g/mol. The van der Waals surface area contributed by atoms with Crippen molar-refractivity contribution in [2.45, 2.75) is 0 Å². The van der Waals surface area contributed by atoms with Gasteiger partial charge in [0.2, 0.25) is 0 Å². The monoisotopic (exact) mass is 151 g/mol. The molecule has 1 rings (SSSR count). The van der Waals surface area contributed by atoms with Crippen molar-refractivity contribution < 1.29 is 4.79 Å². The van der Waals surface area contributed by atoms with Crippen molar-refractivity contribution >= 4 is 11.7 Å². The summed E-state index contributed by atoms with van der Waals surface area (Å²) in [6.07, 6.45) is 0. The minimum Gasteiger partial charge on any atom is -0.373 e. The van der Waals surface area contributed by atoms with Crippen molar-refractivity contribution in [3.63, 3.8) is 0 Å². The van der Waals surface area contributed by atoms with E-state index in [9.17, 15) is 4.79 Å². The lowest BCUT2D eigenvalue weighted by Gasteiger charge is -1.98. The molecule has 0 radical (unpaired) electrons. The number of carbonyl (C=O) groups is 1. The summed E-state index contributed by atoms with van der Waals surface area (Å²) in [6.45, 7) is 0. The van der Waals surface area contributed by atoms with E-state index in [0.717, 1.165) is 0 Å². The zero-order chi connectivity index (χ0) is 8.27. The lowest BCUT2D eigenvalue weighted by molar-refractivity contribution is 0.0995. The number of hydrogen-bond donors (Lipinski definition) is 2. The number of nitrogens with zero attached hydrogens (tertiary/aromatic N) is 1. The van der Waals surface area contributed by atoms with Gasteiger partial charge >= 0.3 is 0 Å². The van der Waals surface area contributed by atoms with Crippen LogP contribution in [0.5, 0.6) is 0 Å². The molecule has 3 N–H and O–H groups in total. The Morgan fingerprint density at radius 3 is 2.91 bits per heavy atom. The zero-order valence-corrected chi connectivity index (χ0v) is 6.16. The molecule has 0 saturated carbocycles. The van der Waals surface area contributed by atoms with E-state index in [-0.39, 0.29) is 5.69 Å². The second-order valence-corrected chi connectivity index (χ2v) is 2.02. The van der Waals surface area contributed by atoms with Crippen molar-refractivity contribution in [3.05, 3.63) is 23.9 Å². The molecule has 58 valence electrons. The van der Waals surface area contributed by atoms with Gasteiger partial charge in [0.15, 0.2) is 0 Å². The average Bonchev–Trinajstić information content (AvgIpc) is 2.05. The highest BCUT2D eigenvalue weighted by atomic mass is 16.1. The number of nitrogens with two attached hydrogens (primary N) is 1. The molecule has 1 amide bonds. The van der Waals surface area contributed by atoms with Gasteiger partial charge in [-0.15, -0.1) is 0 Å². The van der Waals surface area contributed by atoms with Gasteiger partial charge in [0.1, 0.15) is 11.5 Å². The fourth-order valence-electron chi connectivity index (χ4n) is 0.711. The number of rotatable bonds is 2. The number of carbonyl (C=O) groups excluding carboxylic acids is 1. The molecule has 0 fully saturated rings. The quantitative estimate of drug-likeness (QED) is 0.635. The summed E-state index contributed by atoms with van der Waals surface area (Å²) < 4.78 is 0. The third-order valence-corrected chi connectivity index (χ3v) is 1.26. The van der Waals surface area contributed by atoms with Gasteiger partial charge in [-0.05, 0) is 12.1 Å². The van der Waals surface area contributed by atoms with Crippen LogP contribution in [0.25, 0.3) is 0 Å². The first-order valence-corrected chi connectivity index (χ1v) is 3.18. The molecule has 0 atom stereocenters. The Balaban J connectivity index is 3.01. The Bertz CT molecular complexity index is 272. The molecule has 0 spiro atoms. The van der Waals surface area contributed by atoms with Crippen LogP contribution >= 0.6 is 0 Å². The predicted molar refractivity (Wildman–Crippen MR) is 42.3 cm³/mol. The molecule has 4 nitrogen and oxygen atoms in total. The van der Waals surface area contributed by atoms with Crippen molar-refractivity contribution in [1.82, 2.24) is 4.98 Å². The lowest BCUT2D eigenvalue weighted by atomic mass is 10.3. The lowest BCUT2D eigenvalue weighted by Crippen LogP contribution is -2.13. The molecule has 0 aromatic carbocycles. The summed E-state index contributed by atoms with van der Waals surface area (Å²) in [6, 6.07) is 5.05. The standard InChI is InChI=1S/C7H9N3O/c1-9-6-4-2-3-5(10-6)7(8)11/h2-4H,1H3,(H2,8,11)(H,9,10). The maximum absolute atomic E-state index is 10.6. The molecular weight excluding hydrogens is 142 g/mol. The SMILES string of the molecule is CNc1cccc(C(N)=O)n1. The van der Waals surface area contributed by atoms with Crippen LogP contribution < -0.4 is 11.1 Å². The Morgan fingerprint density at radius 2 is 2.36 bits per heavy atom. The minimum atomic E-state index is -0.512. The summed E-state index contributed by atoms with van der Waals surface area (Å²) in [7, 11) is 1.73. The Labute approximate surface area is 64.4 Å². The molecule has 0 bridgehead atoms. The first-order valence-electron chi connectivity index (χ1n) is 3.18. The Kier molecular flexibility index (Phi) is 2.06. The number of primary amides is 1. The molecule has 1 aromatic heterocycles. The maximum Gasteiger partial charge on any atom is 0.267 e. The van der Waals surface area contributed by atoms with Crippen LogP contribution in [-0.4, -0.2) is 17.9 Å². The largest absolute Gasteiger partial charge is 0.373 e. The van der Waals surface area contributed by atoms with Crippen LogP contribution in [0.1, 0.15) is 10.5 Å². The van der Waals surface area contributed by atoms with E-state index in [1.807, 2.05) is 0 Å². The van der Waals surface area contributed by atoms with Gasteiger partial charge in [-0.25, -0.2) is 4.98 Å². The number of aromatic nitrogens is 1. The highest BCUT2D eigenvalue weighted by Gasteiger charge is 2.00. The normalized spacial score (nSPS) is 9.18. The van der Waals surface area contributed by atoms with Crippen molar-refractivity contribution in [2.75, 3.05) is 12.4 Å². The van der Waals surface area contributed by atoms with Crippen LogP contribution in [0.15, 0.2) is 18.2 Å². The summed E-state index contributed by atoms with van der Waals surface area (Å²) in [4.78, 5) is 14.5. The zero-order valence-electron chi connectivity index (χ0n) is 6.16. The van der Waals surface area contributed by atoms with E-state index < -0.39 is 5.91 Å². The minimum absolute atomic E-state index is 0.275. The van der Waals surface area contributed by atoms with Gasteiger partial charge < -0.3 is 11.1 Å². The third-order valence-electron chi connectivity index (χ3n) is 1.26. The molecule has 0 aliphatic heterocycles. The highest BCUT2D eigenvalue weighted by molar-refractivity contribution is 5.91. The van der Waals surface area contributed by atoms with Gasteiger partial charge in [-0.3, -0.25) is 4.79 Å². The van der Waals surface area contributed by atoms with Gasteiger partial charge in [0, 0.05) is 7.05 Å². The topological polar surface area (TPSA) is 68.0 Å². The molecular formula is C7H9N3O. The van der Waals surface area contributed by atoms with E-state index in [2.05, 4.69) is 10.3 Å². The predicted octanol–water partition coefficient (Wildman–Crippen LogP) is 0.222. The smallest absolute Gasteiger partial charge is 0.267 e. The Hall–Kier alpha value is -1.58. The summed E-state index contributed by atoms with van der Waals surface area (Å²) in [5, 5.41) is 2.80. The van der Waals surface area contributed by atoms with E-state index in [4.69, 9.17) is 5.73 Å². The van der Waals surface area contributed by atoms with Crippen LogP contribution in [-0.2, 0) is 0 Å². The molecule has 0 unspecified atom stereocenters. The highest BCUT2D eigenvalue weighted by Crippen LogP contribution is 2.02. The summed E-state index contributed by atoms with van der Waals surface area (Å²) in [5.74, 6) is 0.128. The molecule has 0 aliphatic carbocycles. The van der Waals surface area contributed by atoms with Crippen molar-refractivity contribution in [3.8, 4) is 0 Å². The van der Waals surface area contributed by atoms with Crippen LogP contribution in [0.3, 0.4) is 0 Å².